The summed E-state index contributed by atoms with van der Waals surface area (Å²) in [7, 11) is 0. The molecule has 0 N–H and O–H groups in total. The largest absolute Gasteiger partial charge is 2.00 e. The van der Waals surface area contributed by atoms with Gasteiger partial charge in [0.1, 0.15) is 5.82 Å². The van der Waals surface area contributed by atoms with Gasteiger partial charge in [-0.05, 0) is 108 Å². The maximum absolute atomic E-state index is 6.42. The molecule has 5 nitrogen and oxygen atoms in total. The minimum atomic E-state index is 0. The molecule has 0 spiro atoms. The standard InChI is InChI=1S/C44H44N4O.Pt/c1-7-13-36-30(5)44(31(6)37(14-8-2)38(36)15-9-3)32-27-46-47(28-32)33-16-12-17-34(25-33)49-35-20-21-40-39-18-10-11-19-41(39)48(42(40)26-35)43-24-29(4)22-23-45-43;/h10-12,16-24,27-28H,7-9,13-15H2,1-6H3;/q-2;+2. The summed E-state index contributed by atoms with van der Waals surface area (Å²) in [6.45, 7) is 13.6. The number of nitrogens with zero attached hydrogens (tertiary/aromatic N) is 4. The molecule has 3 heterocycles. The van der Waals surface area contributed by atoms with E-state index in [2.05, 4.69) is 101 Å². The van der Waals surface area contributed by atoms with Crippen LogP contribution in [0, 0.1) is 32.9 Å². The predicted octanol–water partition coefficient (Wildman–Crippen LogP) is 11.2. The Morgan fingerprint density at radius 3 is 2.14 bits per heavy atom. The van der Waals surface area contributed by atoms with E-state index in [4.69, 9.17) is 14.8 Å². The molecule has 0 aliphatic carbocycles. The Hall–Kier alpha value is -4.47. The summed E-state index contributed by atoms with van der Waals surface area (Å²) < 4.78 is 10.5. The van der Waals surface area contributed by atoms with Gasteiger partial charge in [0.25, 0.3) is 0 Å². The molecule has 3 aromatic heterocycles. The molecule has 0 fully saturated rings. The molecule has 0 aliphatic heterocycles. The zero-order chi connectivity index (χ0) is 34.1. The Morgan fingerprint density at radius 1 is 0.720 bits per heavy atom. The van der Waals surface area contributed by atoms with Gasteiger partial charge >= 0.3 is 21.1 Å². The third-order valence-corrected chi connectivity index (χ3v) is 9.66. The zero-order valence-corrected chi connectivity index (χ0v) is 32.1. The summed E-state index contributed by atoms with van der Waals surface area (Å²) in [5, 5.41) is 7.09. The molecule has 0 bridgehead atoms. The van der Waals surface area contributed by atoms with Gasteiger partial charge in [-0.25, -0.2) is 4.98 Å². The number of hydrogen-bond donors (Lipinski definition) is 0. The van der Waals surface area contributed by atoms with Crippen LogP contribution in [0.4, 0.5) is 0 Å². The van der Waals surface area contributed by atoms with Gasteiger partial charge in [0.05, 0.1) is 6.20 Å². The molecule has 7 aromatic rings. The summed E-state index contributed by atoms with van der Waals surface area (Å²) in [4.78, 5) is 4.70. The van der Waals surface area contributed by atoms with E-state index in [1.54, 1.807) is 5.56 Å². The van der Waals surface area contributed by atoms with Gasteiger partial charge < -0.3 is 9.30 Å². The number of benzene rings is 4. The van der Waals surface area contributed by atoms with Crippen molar-refractivity contribution in [2.24, 2.45) is 0 Å². The van der Waals surface area contributed by atoms with Crippen molar-refractivity contribution in [1.29, 1.82) is 0 Å². The second kappa shape index (κ2) is 15.2. The number of hydrogen-bond acceptors (Lipinski definition) is 3. The Balaban J connectivity index is 0.00000432. The average Bonchev–Trinajstić information content (AvgIpc) is 3.72. The van der Waals surface area contributed by atoms with E-state index < -0.39 is 0 Å². The summed E-state index contributed by atoms with van der Waals surface area (Å²) in [5.41, 5.74) is 13.9. The molecule has 0 atom stereocenters. The van der Waals surface area contributed by atoms with E-state index in [9.17, 15) is 0 Å². The number of fused-ring (bicyclic) bond motifs is 3. The van der Waals surface area contributed by atoms with Crippen molar-refractivity contribution in [2.45, 2.75) is 80.1 Å². The molecule has 0 radical (unpaired) electrons. The minimum Gasteiger partial charge on any atom is -0.509 e. The molecule has 256 valence electrons. The maximum Gasteiger partial charge on any atom is 2.00 e. The molecular weight excluding hydrogens is 796 g/mol. The van der Waals surface area contributed by atoms with Crippen LogP contribution >= 0.6 is 0 Å². The van der Waals surface area contributed by atoms with Crippen molar-refractivity contribution in [2.75, 3.05) is 0 Å². The molecule has 0 amide bonds. The first-order chi connectivity index (χ1) is 23.9. The van der Waals surface area contributed by atoms with Gasteiger partial charge in [-0.2, -0.15) is 17.2 Å². The van der Waals surface area contributed by atoms with Crippen molar-refractivity contribution in [3.05, 3.63) is 131 Å². The fourth-order valence-electron chi connectivity index (χ4n) is 7.53. The molecule has 7 rings (SSSR count). The van der Waals surface area contributed by atoms with Crippen molar-refractivity contribution in [3.63, 3.8) is 0 Å². The summed E-state index contributed by atoms with van der Waals surface area (Å²) in [5.74, 6) is 2.08. The van der Waals surface area contributed by atoms with E-state index in [1.165, 1.54) is 27.8 Å². The van der Waals surface area contributed by atoms with Gasteiger partial charge in [-0.1, -0.05) is 63.7 Å². The van der Waals surface area contributed by atoms with Crippen LogP contribution in [-0.2, 0) is 40.3 Å². The summed E-state index contributed by atoms with van der Waals surface area (Å²) in [6.07, 6.45) is 12.8. The number of pyridine rings is 1. The van der Waals surface area contributed by atoms with Gasteiger partial charge in [-0.3, -0.25) is 4.68 Å². The smallest absolute Gasteiger partial charge is 0.509 e. The van der Waals surface area contributed by atoms with Crippen LogP contribution in [0.25, 0.3) is 44.4 Å². The third kappa shape index (κ3) is 6.56. The fourth-order valence-corrected chi connectivity index (χ4v) is 7.53. The minimum absolute atomic E-state index is 0. The molecule has 0 saturated carbocycles. The molecule has 0 aliphatic rings. The zero-order valence-electron chi connectivity index (χ0n) is 29.8. The number of aromatic nitrogens is 4. The van der Waals surface area contributed by atoms with Gasteiger partial charge in [0.15, 0.2) is 0 Å². The topological polar surface area (TPSA) is 44.9 Å². The van der Waals surface area contributed by atoms with Gasteiger partial charge in [-0.15, -0.1) is 35.7 Å². The first-order valence-corrected chi connectivity index (χ1v) is 17.7. The molecular formula is C44H44N4OPt. The predicted molar refractivity (Wildman–Crippen MR) is 202 cm³/mol. The monoisotopic (exact) mass is 839 g/mol. The van der Waals surface area contributed by atoms with E-state index in [0.29, 0.717) is 11.5 Å². The number of ether oxygens (including phenoxy) is 1. The third-order valence-electron chi connectivity index (χ3n) is 9.66. The number of rotatable bonds is 11. The Labute approximate surface area is 310 Å². The van der Waals surface area contributed by atoms with E-state index >= 15 is 0 Å². The molecule has 4 aromatic carbocycles. The van der Waals surface area contributed by atoms with Gasteiger partial charge in [0.2, 0.25) is 0 Å². The number of aryl methyl sites for hydroxylation is 1. The number of para-hydroxylation sites is 1. The molecule has 0 unspecified atom stereocenters. The van der Waals surface area contributed by atoms with Crippen LogP contribution in [0.2, 0.25) is 0 Å². The van der Waals surface area contributed by atoms with E-state index in [-0.39, 0.29) is 21.1 Å². The van der Waals surface area contributed by atoms with Crippen LogP contribution in [0.15, 0.2) is 85.3 Å². The maximum atomic E-state index is 6.42. The summed E-state index contributed by atoms with van der Waals surface area (Å²) in [6, 6.07) is 29.5. The van der Waals surface area contributed by atoms with Crippen LogP contribution in [0.3, 0.4) is 0 Å². The van der Waals surface area contributed by atoms with Crippen LogP contribution < -0.4 is 4.74 Å². The Morgan fingerprint density at radius 2 is 1.42 bits per heavy atom. The quantitative estimate of drug-likeness (QED) is 0.122. The first kappa shape index (κ1) is 35.4. The van der Waals surface area contributed by atoms with Crippen molar-refractivity contribution in [1.82, 2.24) is 19.3 Å². The van der Waals surface area contributed by atoms with Crippen molar-refractivity contribution in [3.8, 4) is 34.1 Å². The van der Waals surface area contributed by atoms with Crippen LogP contribution in [-0.4, -0.2) is 19.3 Å². The van der Waals surface area contributed by atoms with Crippen LogP contribution in [0.5, 0.6) is 11.5 Å². The van der Waals surface area contributed by atoms with E-state index in [0.717, 1.165) is 83.0 Å². The second-order valence-electron chi connectivity index (χ2n) is 13.1. The summed E-state index contributed by atoms with van der Waals surface area (Å²) >= 11 is 0. The Kier molecular flexibility index (Phi) is 10.7. The van der Waals surface area contributed by atoms with Crippen molar-refractivity contribution < 1.29 is 25.8 Å². The SMILES string of the molecule is CCCc1c(C)c(-c2cnn(-c3[c-]c(Oc4[c-]c5c(cc4)c4ccccc4n5-c4cc(C)ccn4)ccc3)c2)c(C)c(CCC)c1CCC.[Pt+2]. The molecule has 50 heavy (non-hydrogen) atoms. The fraction of sp³-hybridized carbons (Fsp3) is 0.273. The van der Waals surface area contributed by atoms with Gasteiger partial charge in [0, 0.05) is 35.0 Å². The van der Waals surface area contributed by atoms with Crippen LogP contribution in [0.1, 0.15) is 73.4 Å². The second-order valence-corrected chi connectivity index (χ2v) is 13.1. The van der Waals surface area contributed by atoms with E-state index in [1.807, 2.05) is 47.4 Å². The average molecular weight is 840 g/mol. The molecule has 6 heteroatoms. The first-order valence-electron chi connectivity index (χ1n) is 17.7. The Bertz CT molecular complexity index is 2260. The molecule has 0 saturated heterocycles. The normalized spacial score (nSPS) is 11.3. The van der Waals surface area contributed by atoms with Crippen molar-refractivity contribution >= 4 is 21.8 Å².